The first-order valence-corrected chi connectivity index (χ1v) is 10.3. The number of para-hydroxylation sites is 1. The lowest BCUT2D eigenvalue weighted by molar-refractivity contribution is -0.115. The number of tetrazole rings is 1. The van der Waals surface area contributed by atoms with E-state index in [1.54, 1.807) is 4.68 Å². The van der Waals surface area contributed by atoms with Crippen LogP contribution in [0, 0.1) is 6.92 Å². The molecule has 0 aliphatic heterocycles. The second-order valence-electron chi connectivity index (χ2n) is 6.85. The highest BCUT2D eigenvalue weighted by atomic mass is 32.2. The average molecular weight is 396 g/mol. The van der Waals surface area contributed by atoms with Crippen LogP contribution >= 0.6 is 11.8 Å². The van der Waals surface area contributed by atoms with Crippen LogP contribution in [0.1, 0.15) is 44.2 Å². The molecular formula is C21H25N5OS. The maximum Gasteiger partial charge on any atom is 0.237 e. The minimum atomic E-state index is -0.347. The first-order chi connectivity index (χ1) is 13.5. The number of anilines is 1. The zero-order chi connectivity index (χ0) is 20.1. The van der Waals surface area contributed by atoms with Gasteiger partial charge in [0.25, 0.3) is 0 Å². The number of aryl methyl sites for hydroxylation is 1. The first-order valence-electron chi connectivity index (χ1n) is 9.41. The lowest BCUT2D eigenvalue weighted by atomic mass is 9.97. The Morgan fingerprint density at radius 1 is 1.14 bits per heavy atom. The summed E-state index contributed by atoms with van der Waals surface area (Å²) in [5.41, 5.74) is 4.05. The number of nitrogens with one attached hydrogen (secondary N) is 1. The fourth-order valence-corrected chi connectivity index (χ4v) is 3.61. The van der Waals surface area contributed by atoms with Crippen molar-refractivity contribution < 1.29 is 4.79 Å². The van der Waals surface area contributed by atoms with Gasteiger partial charge in [-0.15, -0.1) is 5.10 Å². The first kappa shape index (κ1) is 20.1. The second-order valence-corrected chi connectivity index (χ2v) is 8.16. The molecule has 3 rings (SSSR count). The second kappa shape index (κ2) is 9.01. The molecule has 0 radical (unpaired) electrons. The molecule has 0 spiro atoms. The summed E-state index contributed by atoms with van der Waals surface area (Å²) in [5.74, 6) is 0.313. The third-order valence-electron chi connectivity index (χ3n) is 4.73. The van der Waals surface area contributed by atoms with Crippen LogP contribution in [0.25, 0.3) is 5.69 Å². The van der Waals surface area contributed by atoms with Crippen molar-refractivity contribution in [2.75, 3.05) is 5.32 Å². The van der Waals surface area contributed by atoms with Gasteiger partial charge in [-0.25, -0.2) is 0 Å². The molecule has 0 saturated heterocycles. The SMILES string of the molecule is CCC(C)c1ccccc1NC(=O)C(C)Sc1nnnn1-c1ccc(C)cc1. The Morgan fingerprint density at radius 2 is 1.86 bits per heavy atom. The predicted octanol–water partition coefficient (Wildman–Crippen LogP) is 4.60. The molecule has 0 bridgehead atoms. The van der Waals surface area contributed by atoms with Crippen molar-refractivity contribution in [3.8, 4) is 5.69 Å². The quantitative estimate of drug-likeness (QED) is 0.592. The molecule has 28 heavy (non-hydrogen) atoms. The fourth-order valence-electron chi connectivity index (χ4n) is 2.81. The molecule has 2 aromatic carbocycles. The number of carbonyl (C=O) groups excluding carboxylic acids is 1. The molecule has 146 valence electrons. The third kappa shape index (κ3) is 4.59. The van der Waals surface area contributed by atoms with E-state index in [0.29, 0.717) is 11.1 Å². The van der Waals surface area contributed by atoms with Crippen molar-refractivity contribution in [1.82, 2.24) is 20.2 Å². The van der Waals surface area contributed by atoms with Gasteiger partial charge in [0.05, 0.1) is 10.9 Å². The summed E-state index contributed by atoms with van der Waals surface area (Å²) < 4.78 is 1.65. The molecule has 0 aliphatic carbocycles. The molecule has 1 aromatic heterocycles. The van der Waals surface area contributed by atoms with E-state index in [4.69, 9.17) is 0 Å². The number of benzene rings is 2. The van der Waals surface area contributed by atoms with Gasteiger partial charge in [-0.05, 0) is 60.4 Å². The van der Waals surface area contributed by atoms with Crippen molar-refractivity contribution in [3.05, 3.63) is 59.7 Å². The van der Waals surface area contributed by atoms with Gasteiger partial charge < -0.3 is 5.32 Å². The maximum absolute atomic E-state index is 12.8. The molecule has 2 atom stereocenters. The topological polar surface area (TPSA) is 72.7 Å². The lowest BCUT2D eigenvalue weighted by Crippen LogP contribution is -2.23. The molecule has 6 nitrogen and oxygen atoms in total. The van der Waals surface area contributed by atoms with Gasteiger partial charge in [0.1, 0.15) is 0 Å². The molecule has 3 aromatic rings. The summed E-state index contributed by atoms with van der Waals surface area (Å²) in [6.07, 6.45) is 1.02. The van der Waals surface area contributed by atoms with Crippen LogP contribution in [0.2, 0.25) is 0 Å². The van der Waals surface area contributed by atoms with E-state index in [1.807, 2.05) is 56.3 Å². The summed E-state index contributed by atoms with van der Waals surface area (Å²) in [6, 6.07) is 15.9. The van der Waals surface area contributed by atoms with Crippen LogP contribution in [0.15, 0.2) is 53.7 Å². The Kier molecular flexibility index (Phi) is 6.46. The summed E-state index contributed by atoms with van der Waals surface area (Å²) in [7, 11) is 0. The predicted molar refractivity (Wildman–Crippen MR) is 113 cm³/mol. The molecular weight excluding hydrogens is 370 g/mol. The lowest BCUT2D eigenvalue weighted by Gasteiger charge is -2.17. The van der Waals surface area contributed by atoms with Gasteiger partial charge in [0, 0.05) is 5.69 Å². The number of hydrogen-bond acceptors (Lipinski definition) is 5. The molecule has 0 fully saturated rings. The Morgan fingerprint density at radius 3 is 2.57 bits per heavy atom. The van der Waals surface area contributed by atoms with E-state index in [9.17, 15) is 4.79 Å². The zero-order valence-corrected chi connectivity index (χ0v) is 17.4. The highest BCUT2D eigenvalue weighted by molar-refractivity contribution is 8.00. The standard InChI is InChI=1S/C21H25N5OS/c1-5-15(3)18-8-6-7-9-19(18)22-20(27)16(4)28-21-23-24-25-26(21)17-12-10-14(2)11-13-17/h6-13,15-16H,5H2,1-4H3,(H,22,27). The highest BCUT2D eigenvalue weighted by Gasteiger charge is 2.20. The monoisotopic (exact) mass is 395 g/mol. The van der Waals surface area contributed by atoms with E-state index in [2.05, 4.69) is 40.8 Å². The van der Waals surface area contributed by atoms with Crippen LogP contribution in [-0.4, -0.2) is 31.4 Å². The van der Waals surface area contributed by atoms with Crippen molar-refractivity contribution in [3.63, 3.8) is 0 Å². The van der Waals surface area contributed by atoms with Crippen molar-refractivity contribution >= 4 is 23.4 Å². The number of amides is 1. The molecule has 1 amide bonds. The van der Waals surface area contributed by atoms with E-state index in [-0.39, 0.29) is 11.2 Å². The van der Waals surface area contributed by atoms with E-state index < -0.39 is 0 Å². The normalized spacial score (nSPS) is 13.1. The van der Waals surface area contributed by atoms with Crippen LogP contribution in [0.4, 0.5) is 5.69 Å². The largest absolute Gasteiger partial charge is 0.325 e. The molecule has 7 heteroatoms. The van der Waals surface area contributed by atoms with Gasteiger partial charge in [0.2, 0.25) is 11.1 Å². The summed E-state index contributed by atoms with van der Waals surface area (Å²) in [5, 5.41) is 15.2. The molecule has 1 N–H and O–H groups in total. The molecule has 1 heterocycles. The summed E-state index contributed by atoms with van der Waals surface area (Å²) in [4.78, 5) is 12.8. The van der Waals surface area contributed by atoms with Crippen LogP contribution < -0.4 is 5.32 Å². The Labute approximate surface area is 169 Å². The molecule has 0 saturated carbocycles. The maximum atomic E-state index is 12.8. The van der Waals surface area contributed by atoms with Gasteiger partial charge >= 0.3 is 0 Å². The van der Waals surface area contributed by atoms with Crippen LogP contribution in [-0.2, 0) is 4.79 Å². The van der Waals surface area contributed by atoms with Gasteiger partial charge in [-0.2, -0.15) is 4.68 Å². The average Bonchev–Trinajstić information content (AvgIpc) is 3.16. The van der Waals surface area contributed by atoms with Gasteiger partial charge in [0.15, 0.2) is 0 Å². The number of carbonyl (C=O) groups is 1. The Hall–Kier alpha value is -2.67. The number of rotatable bonds is 7. The minimum Gasteiger partial charge on any atom is -0.325 e. The number of hydrogen-bond donors (Lipinski definition) is 1. The Balaban J connectivity index is 1.73. The summed E-state index contributed by atoms with van der Waals surface area (Å²) >= 11 is 1.34. The number of nitrogens with zero attached hydrogens (tertiary/aromatic N) is 4. The van der Waals surface area contributed by atoms with Crippen LogP contribution in [0.3, 0.4) is 0 Å². The molecule has 2 unspecified atom stereocenters. The number of thioether (sulfide) groups is 1. The number of aromatic nitrogens is 4. The third-order valence-corrected chi connectivity index (χ3v) is 5.77. The van der Waals surface area contributed by atoms with E-state index >= 15 is 0 Å². The van der Waals surface area contributed by atoms with Crippen molar-refractivity contribution in [2.24, 2.45) is 0 Å². The van der Waals surface area contributed by atoms with Gasteiger partial charge in [-0.3, -0.25) is 4.79 Å². The Bertz CT molecular complexity index is 938. The van der Waals surface area contributed by atoms with Crippen molar-refractivity contribution in [1.29, 1.82) is 0 Å². The fraction of sp³-hybridized carbons (Fsp3) is 0.333. The summed E-state index contributed by atoms with van der Waals surface area (Å²) in [6.45, 7) is 8.20. The van der Waals surface area contributed by atoms with Crippen molar-refractivity contribution in [2.45, 2.75) is 50.4 Å². The van der Waals surface area contributed by atoms with E-state index in [0.717, 1.165) is 23.4 Å². The minimum absolute atomic E-state index is 0.0702. The van der Waals surface area contributed by atoms with Crippen LogP contribution in [0.5, 0.6) is 0 Å². The smallest absolute Gasteiger partial charge is 0.237 e. The molecule has 0 aliphatic rings. The van der Waals surface area contributed by atoms with E-state index in [1.165, 1.54) is 17.3 Å². The highest BCUT2D eigenvalue weighted by Crippen LogP contribution is 2.28. The zero-order valence-electron chi connectivity index (χ0n) is 16.6. The van der Waals surface area contributed by atoms with Gasteiger partial charge in [-0.1, -0.05) is 61.5 Å².